The first-order valence-corrected chi connectivity index (χ1v) is 7.84. The average Bonchev–Trinajstić information content (AvgIpc) is 2.46. The van der Waals surface area contributed by atoms with Crippen molar-refractivity contribution in [3.63, 3.8) is 0 Å². The number of amides is 2. The number of piperazine rings is 1. The predicted molar refractivity (Wildman–Crippen MR) is 81.0 cm³/mol. The molecule has 1 saturated heterocycles. The molecule has 1 aromatic carbocycles. The van der Waals surface area contributed by atoms with E-state index in [1.54, 1.807) is 11.8 Å². The first-order valence-electron chi connectivity index (χ1n) is 6.48. The molecule has 1 fully saturated rings. The number of hydrogen-bond donors (Lipinski definition) is 0. The Morgan fingerprint density at radius 3 is 2.20 bits per heavy atom. The van der Waals surface area contributed by atoms with Gasteiger partial charge in [0.1, 0.15) is 0 Å². The fourth-order valence-corrected chi connectivity index (χ4v) is 2.97. The Labute approximate surface area is 128 Å². The van der Waals surface area contributed by atoms with Crippen LogP contribution in [0.3, 0.4) is 0 Å². The Kier molecular flexibility index (Phi) is 5.31. The summed E-state index contributed by atoms with van der Waals surface area (Å²) < 4.78 is 0. The lowest BCUT2D eigenvalue weighted by molar-refractivity contribution is -0.136. The van der Waals surface area contributed by atoms with Gasteiger partial charge in [-0.05, 0) is 24.3 Å². The zero-order valence-electron chi connectivity index (χ0n) is 11.3. The molecule has 20 heavy (non-hydrogen) atoms. The van der Waals surface area contributed by atoms with Crippen LogP contribution in [0.1, 0.15) is 6.92 Å². The van der Waals surface area contributed by atoms with Crippen molar-refractivity contribution in [3.8, 4) is 0 Å². The van der Waals surface area contributed by atoms with Crippen LogP contribution in [-0.2, 0) is 9.59 Å². The topological polar surface area (TPSA) is 40.6 Å². The fraction of sp³-hybridized carbons (Fsp3) is 0.429. The van der Waals surface area contributed by atoms with Crippen LogP contribution < -0.4 is 0 Å². The molecule has 4 nitrogen and oxygen atoms in total. The summed E-state index contributed by atoms with van der Waals surface area (Å²) in [4.78, 5) is 27.9. The molecule has 2 rings (SSSR count). The third-order valence-corrected chi connectivity index (χ3v) is 4.50. The molecule has 1 heterocycles. The van der Waals surface area contributed by atoms with Crippen molar-refractivity contribution in [3.05, 3.63) is 29.3 Å². The second-order valence-electron chi connectivity index (χ2n) is 4.63. The van der Waals surface area contributed by atoms with Gasteiger partial charge in [0, 0.05) is 43.0 Å². The van der Waals surface area contributed by atoms with E-state index in [2.05, 4.69) is 0 Å². The fourth-order valence-electron chi connectivity index (χ4n) is 2.04. The summed E-state index contributed by atoms with van der Waals surface area (Å²) in [5, 5.41) is 0.695. The molecule has 0 N–H and O–H groups in total. The Morgan fingerprint density at radius 2 is 1.65 bits per heavy atom. The Morgan fingerprint density at radius 1 is 1.10 bits per heavy atom. The summed E-state index contributed by atoms with van der Waals surface area (Å²) in [5.74, 6) is 0.614. The molecule has 1 aliphatic heterocycles. The van der Waals surface area contributed by atoms with Crippen molar-refractivity contribution in [1.82, 2.24) is 9.80 Å². The number of carbonyl (C=O) groups is 2. The minimum Gasteiger partial charge on any atom is -0.339 e. The number of carbonyl (C=O) groups excluding carboxylic acids is 2. The number of hydrogen-bond acceptors (Lipinski definition) is 3. The smallest absolute Gasteiger partial charge is 0.233 e. The number of rotatable bonds is 3. The van der Waals surface area contributed by atoms with Gasteiger partial charge >= 0.3 is 0 Å². The van der Waals surface area contributed by atoms with Crippen molar-refractivity contribution in [2.24, 2.45) is 0 Å². The van der Waals surface area contributed by atoms with Crippen LogP contribution in [0.15, 0.2) is 29.2 Å². The Bertz CT molecular complexity index is 484. The molecule has 2 amide bonds. The zero-order chi connectivity index (χ0) is 14.5. The van der Waals surface area contributed by atoms with Gasteiger partial charge in [0.15, 0.2) is 0 Å². The van der Waals surface area contributed by atoms with Crippen LogP contribution in [0.2, 0.25) is 5.02 Å². The average molecular weight is 313 g/mol. The van der Waals surface area contributed by atoms with Crippen molar-refractivity contribution in [2.75, 3.05) is 31.9 Å². The molecule has 6 heteroatoms. The van der Waals surface area contributed by atoms with Gasteiger partial charge in [-0.2, -0.15) is 0 Å². The largest absolute Gasteiger partial charge is 0.339 e. The lowest BCUT2D eigenvalue weighted by atomic mass is 10.3. The van der Waals surface area contributed by atoms with E-state index in [1.165, 1.54) is 11.8 Å². The molecule has 0 radical (unpaired) electrons. The van der Waals surface area contributed by atoms with Gasteiger partial charge in [-0.3, -0.25) is 9.59 Å². The molecule has 0 saturated carbocycles. The molecule has 1 aliphatic rings. The second-order valence-corrected chi connectivity index (χ2v) is 6.11. The highest BCUT2D eigenvalue weighted by Crippen LogP contribution is 2.20. The van der Waals surface area contributed by atoms with Gasteiger partial charge in [0.05, 0.1) is 5.75 Å². The minimum absolute atomic E-state index is 0.0765. The molecular formula is C14H17ClN2O2S. The van der Waals surface area contributed by atoms with Gasteiger partial charge in [0.2, 0.25) is 11.8 Å². The van der Waals surface area contributed by atoms with Crippen molar-refractivity contribution in [1.29, 1.82) is 0 Å². The predicted octanol–water partition coefficient (Wildman–Crippen LogP) is 2.12. The van der Waals surface area contributed by atoms with Gasteiger partial charge < -0.3 is 9.80 Å². The monoisotopic (exact) mass is 312 g/mol. The van der Waals surface area contributed by atoms with Crippen LogP contribution in [-0.4, -0.2) is 53.5 Å². The lowest BCUT2D eigenvalue weighted by Crippen LogP contribution is -2.50. The van der Waals surface area contributed by atoms with E-state index in [9.17, 15) is 9.59 Å². The normalized spacial score (nSPS) is 15.3. The number of halogens is 1. The van der Waals surface area contributed by atoms with Crippen molar-refractivity contribution in [2.45, 2.75) is 11.8 Å². The van der Waals surface area contributed by atoms with E-state index in [4.69, 9.17) is 11.6 Å². The highest BCUT2D eigenvalue weighted by molar-refractivity contribution is 8.00. The Balaban J connectivity index is 1.78. The molecule has 0 bridgehead atoms. The standard InChI is InChI=1S/C14H17ClN2O2S/c1-11(18)16-6-8-17(9-7-16)14(19)10-20-13-4-2-12(15)3-5-13/h2-5H,6-10H2,1H3. The summed E-state index contributed by atoms with van der Waals surface area (Å²) in [6, 6.07) is 7.46. The summed E-state index contributed by atoms with van der Waals surface area (Å²) in [7, 11) is 0. The van der Waals surface area contributed by atoms with Crippen molar-refractivity contribution >= 4 is 35.2 Å². The summed E-state index contributed by atoms with van der Waals surface area (Å²) in [5.41, 5.74) is 0. The van der Waals surface area contributed by atoms with Gasteiger partial charge in [-0.15, -0.1) is 11.8 Å². The van der Waals surface area contributed by atoms with Crippen LogP contribution in [0, 0.1) is 0 Å². The molecular weight excluding hydrogens is 296 g/mol. The molecule has 0 spiro atoms. The first-order chi connectivity index (χ1) is 9.56. The van der Waals surface area contributed by atoms with E-state index in [0.717, 1.165) is 4.90 Å². The maximum absolute atomic E-state index is 12.1. The summed E-state index contributed by atoms with van der Waals surface area (Å²) in [6.07, 6.45) is 0. The minimum atomic E-state index is 0.0765. The molecule has 1 aromatic rings. The third kappa shape index (κ3) is 4.15. The molecule has 0 atom stereocenters. The summed E-state index contributed by atoms with van der Waals surface area (Å²) >= 11 is 7.33. The third-order valence-electron chi connectivity index (χ3n) is 3.25. The van der Waals surface area contributed by atoms with Crippen molar-refractivity contribution < 1.29 is 9.59 Å². The van der Waals surface area contributed by atoms with E-state index in [-0.39, 0.29) is 11.8 Å². The maximum atomic E-state index is 12.1. The van der Waals surface area contributed by atoms with Crippen LogP contribution >= 0.6 is 23.4 Å². The quantitative estimate of drug-likeness (QED) is 0.803. The molecule has 0 aromatic heterocycles. The highest BCUT2D eigenvalue weighted by Gasteiger charge is 2.22. The summed E-state index contributed by atoms with van der Waals surface area (Å²) in [6.45, 7) is 4.08. The van der Waals surface area contributed by atoms with Crippen LogP contribution in [0.25, 0.3) is 0 Å². The lowest BCUT2D eigenvalue weighted by Gasteiger charge is -2.34. The van der Waals surface area contributed by atoms with Gasteiger partial charge in [-0.25, -0.2) is 0 Å². The Hall–Kier alpha value is -1.20. The van der Waals surface area contributed by atoms with Gasteiger partial charge in [-0.1, -0.05) is 11.6 Å². The highest BCUT2D eigenvalue weighted by atomic mass is 35.5. The maximum Gasteiger partial charge on any atom is 0.233 e. The van der Waals surface area contributed by atoms with E-state index >= 15 is 0 Å². The zero-order valence-corrected chi connectivity index (χ0v) is 12.9. The number of benzene rings is 1. The molecule has 0 unspecified atom stereocenters. The van der Waals surface area contributed by atoms with Crippen LogP contribution in [0.4, 0.5) is 0 Å². The number of nitrogens with zero attached hydrogens (tertiary/aromatic N) is 2. The van der Waals surface area contributed by atoms with E-state index in [0.29, 0.717) is 37.0 Å². The van der Waals surface area contributed by atoms with Crippen LogP contribution in [0.5, 0.6) is 0 Å². The SMILES string of the molecule is CC(=O)N1CCN(C(=O)CSc2ccc(Cl)cc2)CC1. The second kappa shape index (κ2) is 6.99. The van der Waals surface area contributed by atoms with Gasteiger partial charge in [0.25, 0.3) is 0 Å². The number of thioether (sulfide) groups is 1. The van der Waals surface area contributed by atoms with E-state index < -0.39 is 0 Å². The first kappa shape index (κ1) is 15.2. The molecule has 0 aliphatic carbocycles. The van der Waals surface area contributed by atoms with E-state index in [1.807, 2.05) is 29.2 Å². The molecule has 108 valence electrons.